The van der Waals surface area contributed by atoms with Crippen molar-refractivity contribution in [2.45, 2.75) is 51.4 Å². The van der Waals surface area contributed by atoms with Gasteiger partial charge in [0.05, 0.1) is 25.0 Å². The van der Waals surface area contributed by atoms with E-state index in [2.05, 4.69) is 42.4 Å². The number of hydrogen-bond donors (Lipinski definition) is 2. The smallest absolute Gasteiger partial charge is 0.413 e. The summed E-state index contributed by atoms with van der Waals surface area (Å²) in [5, 5.41) is 5.30. The van der Waals surface area contributed by atoms with Gasteiger partial charge in [0, 0.05) is 39.4 Å². The number of likely N-dealkylation sites (N-methyl/N-ethyl adjacent to an activating group) is 1. The van der Waals surface area contributed by atoms with E-state index >= 15 is 0 Å². The third kappa shape index (κ3) is 7.62. The summed E-state index contributed by atoms with van der Waals surface area (Å²) in [4.78, 5) is 47.6. The van der Waals surface area contributed by atoms with Crippen LogP contribution in [0.3, 0.4) is 0 Å². The highest BCUT2D eigenvalue weighted by Crippen LogP contribution is 2.23. The number of ether oxygens (including phenoxy) is 2. The molecule has 4 heterocycles. The van der Waals surface area contributed by atoms with Gasteiger partial charge in [0.2, 0.25) is 11.8 Å². The second-order valence-corrected chi connectivity index (χ2v) is 9.44. The van der Waals surface area contributed by atoms with Crippen molar-refractivity contribution in [1.29, 1.82) is 0 Å². The average molecular weight is 546 g/mol. The largest absolute Gasteiger partial charge is 0.477 e. The van der Waals surface area contributed by atoms with Gasteiger partial charge in [-0.2, -0.15) is 4.98 Å². The molecule has 4 rings (SSSR count). The van der Waals surface area contributed by atoms with Crippen molar-refractivity contribution in [3.63, 3.8) is 0 Å². The fourth-order valence-corrected chi connectivity index (χ4v) is 4.60. The highest BCUT2D eigenvalue weighted by molar-refractivity contribution is 5.88. The van der Waals surface area contributed by atoms with Crippen LogP contribution in [0.5, 0.6) is 5.88 Å². The number of hydrogen-bond acceptors (Lipinski definition) is 10. The van der Waals surface area contributed by atoms with Gasteiger partial charge in [-0.3, -0.25) is 10.6 Å². The van der Waals surface area contributed by atoms with Gasteiger partial charge in [-0.05, 0) is 38.8 Å². The maximum absolute atomic E-state index is 14.9. The minimum atomic E-state index is -1.24. The number of piperidine rings is 2. The molecule has 0 saturated carbocycles. The molecule has 2 aliphatic rings. The predicted molar refractivity (Wildman–Crippen MR) is 143 cm³/mol. The summed E-state index contributed by atoms with van der Waals surface area (Å²) in [6, 6.07) is 0.293. The Labute approximate surface area is 227 Å². The van der Waals surface area contributed by atoms with Crippen LogP contribution in [0.15, 0.2) is 24.7 Å². The second-order valence-electron chi connectivity index (χ2n) is 9.44. The van der Waals surface area contributed by atoms with Crippen LogP contribution in [0, 0.1) is 0 Å². The Balaban J connectivity index is 1.33. The minimum absolute atomic E-state index is 0.131. The van der Waals surface area contributed by atoms with Gasteiger partial charge in [0.15, 0.2) is 5.82 Å². The summed E-state index contributed by atoms with van der Waals surface area (Å²) in [7, 11) is 1.53. The molecular formula is C25H36FN9O4. The van der Waals surface area contributed by atoms with Crippen LogP contribution in [-0.4, -0.2) is 107 Å². The summed E-state index contributed by atoms with van der Waals surface area (Å²) in [5.74, 6) is 1.18. The molecule has 3 amide bonds. The number of likely N-dealkylation sites (tertiary alicyclic amines) is 1. The van der Waals surface area contributed by atoms with Crippen LogP contribution >= 0.6 is 0 Å². The van der Waals surface area contributed by atoms with Gasteiger partial charge >= 0.3 is 12.1 Å². The van der Waals surface area contributed by atoms with E-state index in [1.807, 2.05) is 6.92 Å². The van der Waals surface area contributed by atoms with Gasteiger partial charge in [0.1, 0.15) is 18.1 Å². The molecule has 0 bridgehead atoms. The predicted octanol–water partition coefficient (Wildman–Crippen LogP) is 2.78. The Morgan fingerprint density at radius 2 is 1.87 bits per heavy atom. The lowest BCUT2D eigenvalue weighted by Gasteiger charge is -2.39. The Morgan fingerprint density at radius 1 is 1.08 bits per heavy atom. The van der Waals surface area contributed by atoms with Gasteiger partial charge in [-0.1, -0.05) is 6.92 Å². The fraction of sp³-hybridized carbons (Fsp3) is 0.600. The van der Waals surface area contributed by atoms with Gasteiger partial charge in [-0.15, -0.1) is 0 Å². The van der Waals surface area contributed by atoms with Crippen molar-refractivity contribution in [3.05, 3.63) is 24.7 Å². The Hall–Kier alpha value is -3.81. The lowest BCUT2D eigenvalue weighted by Crippen LogP contribution is -2.55. The van der Waals surface area contributed by atoms with Crippen LogP contribution in [0.2, 0.25) is 0 Å². The molecule has 2 N–H and O–H groups in total. The number of amides is 3. The SMILES string of the molecule is CCOc1cnc(NC(=O)N(C)[C@H]2CN(c3nccc(NC(=O)OC4CCN(CC)CC4)n3)CC[C@H]2F)cn1. The van der Waals surface area contributed by atoms with Crippen molar-refractivity contribution in [2.24, 2.45) is 0 Å². The number of rotatable bonds is 8. The maximum Gasteiger partial charge on any atom is 0.413 e. The van der Waals surface area contributed by atoms with Crippen LogP contribution in [-0.2, 0) is 4.74 Å². The van der Waals surface area contributed by atoms with E-state index in [1.165, 1.54) is 30.5 Å². The number of urea groups is 1. The third-order valence-electron chi connectivity index (χ3n) is 6.88. The molecule has 0 aliphatic carbocycles. The number of alkyl halides is 1. The van der Waals surface area contributed by atoms with Crippen molar-refractivity contribution in [1.82, 2.24) is 29.7 Å². The van der Waals surface area contributed by atoms with E-state index in [0.29, 0.717) is 25.0 Å². The molecule has 2 aromatic heterocycles. The Kier molecular flexibility index (Phi) is 9.63. The van der Waals surface area contributed by atoms with Crippen molar-refractivity contribution in [3.8, 4) is 5.88 Å². The number of anilines is 3. The topological polar surface area (TPSA) is 138 Å². The van der Waals surface area contributed by atoms with Crippen LogP contribution in [0.1, 0.15) is 33.1 Å². The number of nitrogens with one attached hydrogen (secondary N) is 2. The summed E-state index contributed by atoms with van der Waals surface area (Å²) < 4.78 is 25.7. The summed E-state index contributed by atoms with van der Waals surface area (Å²) in [6.45, 7) is 7.72. The molecule has 0 aromatic carbocycles. The molecule has 39 heavy (non-hydrogen) atoms. The van der Waals surface area contributed by atoms with E-state index in [9.17, 15) is 14.0 Å². The first-order valence-electron chi connectivity index (χ1n) is 13.3. The second kappa shape index (κ2) is 13.3. The average Bonchev–Trinajstić information content (AvgIpc) is 2.94. The molecule has 13 nitrogen and oxygen atoms in total. The molecule has 2 aliphatic heterocycles. The van der Waals surface area contributed by atoms with Gasteiger partial charge < -0.3 is 24.2 Å². The summed E-state index contributed by atoms with van der Waals surface area (Å²) >= 11 is 0. The number of nitrogens with zero attached hydrogens (tertiary/aromatic N) is 7. The molecular weight excluding hydrogens is 509 g/mol. The number of carbonyl (C=O) groups excluding carboxylic acids is 2. The van der Waals surface area contributed by atoms with Crippen LogP contribution < -0.4 is 20.3 Å². The zero-order valence-corrected chi connectivity index (χ0v) is 22.5. The molecule has 2 saturated heterocycles. The maximum atomic E-state index is 14.9. The van der Waals surface area contributed by atoms with Crippen molar-refractivity contribution >= 4 is 29.7 Å². The fourth-order valence-electron chi connectivity index (χ4n) is 4.60. The van der Waals surface area contributed by atoms with Gasteiger partial charge in [0.25, 0.3) is 0 Å². The molecule has 212 valence electrons. The Morgan fingerprint density at radius 3 is 2.56 bits per heavy atom. The van der Waals surface area contributed by atoms with E-state index in [4.69, 9.17) is 9.47 Å². The number of carbonyl (C=O) groups is 2. The molecule has 0 radical (unpaired) electrons. The highest BCUT2D eigenvalue weighted by atomic mass is 19.1. The first-order chi connectivity index (χ1) is 18.9. The molecule has 0 spiro atoms. The Bertz CT molecular complexity index is 1100. The first kappa shape index (κ1) is 28.2. The van der Waals surface area contributed by atoms with E-state index in [-0.39, 0.29) is 30.7 Å². The molecule has 2 fully saturated rings. The molecule has 2 atom stereocenters. The minimum Gasteiger partial charge on any atom is -0.477 e. The summed E-state index contributed by atoms with van der Waals surface area (Å²) in [6.07, 6.45) is 4.14. The van der Waals surface area contributed by atoms with Crippen LogP contribution in [0.25, 0.3) is 0 Å². The quantitative estimate of drug-likeness (QED) is 0.509. The molecule has 0 unspecified atom stereocenters. The normalized spacial score (nSPS) is 20.3. The zero-order valence-electron chi connectivity index (χ0n) is 22.5. The summed E-state index contributed by atoms with van der Waals surface area (Å²) in [5.41, 5.74) is 0. The van der Waals surface area contributed by atoms with Crippen molar-refractivity contribution in [2.75, 3.05) is 61.9 Å². The van der Waals surface area contributed by atoms with Crippen LogP contribution in [0.4, 0.5) is 31.6 Å². The first-order valence-corrected chi connectivity index (χ1v) is 13.3. The highest BCUT2D eigenvalue weighted by Gasteiger charge is 2.35. The number of aromatic nitrogens is 4. The van der Waals surface area contributed by atoms with Crippen molar-refractivity contribution < 1.29 is 23.5 Å². The van der Waals surface area contributed by atoms with Gasteiger partial charge in [-0.25, -0.2) is 28.9 Å². The lowest BCUT2D eigenvalue weighted by atomic mass is 10.0. The van der Waals surface area contributed by atoms with E-state index < -0.39 is 24.3 Å². The standard InChI is InChI=1S/C25H36FN9O4/c1-4-34-11-7-17(8-12-34)39-25(37)32-20-6-10-27-23(30-20)35-13-9-18(26)19(16-35)33(3)24(36)31-21-14-29-22(15-28-21)38-5-2/h6,10,14-15,17-19H,4-5,7-9,11-13,16H2,1-3H3,(H,28,31,36)(H,27,30,32,37)/t18-,19+/m1/s1. The molecule has 14 heteroatoms. The molecule has 2 aromatic rings. The lowest BCUT2D eigenvalue weighted by molar-refractivity contribution is 0.0605. The zero-order chi connectivity index (χ0) is 27.8. The third-order valence-corrected chi connectivity index (χ3v) is 6.88. The number of halogens is 1. The monoisotopic (exact) mass is 545 g/mol. The van der Waals surface area contributed by atoms with E-state index in [0.717, 1.165) is 32.5 Å². The van der Waals surface area contributed by atoms with E-state index in [1.54, 1.807) is 11.0 Å².